The van der Waals surface area contributed by atoms with Crippen molar-refractivity contribution < 1.29 is 13.2 Å². The number of hydrogen-bond acceptors (Lipinski definition) is 4. The number of aromatic nitrogens is 1. The molecule has 1 unspecified atom stereocenters. The Morgan fingerprint density at radius 1 is 1.08 bits per heavy atom. The number of rotatable bonds is 8. The number of sulfonamides is 1. The number of carbonyl (C=O) groups excluding carboxylic acids is 1. The van der Waals surface area contributed by atoms with E-state index in [2.05, 4.69) is 15.0 Å². The molecule has 2 aromatic rings. The van der Waals surface area contributed by atoms with Crippen LogP contribution in [0.1, 0.15) is 31.4 Å². The first kappa shape index (κ1) is 20.1. The number of benzene rings is 1. The second-order valence-corrected chi connectivity index (χ2v) is 8.40. The molecule has 7 heteroatoms. The van der Waals surface area contributed by atoms with E-state index in [4.69, 9.17) is 0 Å². The van der Waals surface area contributed by atoms with Crippen LogP contribution in [0, 0.1) is 12.8 Å². The Morgan fingerprint density at radius 3 is 2.27 bits per heavy atom. The highest BCUT2D eigenvalue weighted by Gasteiger charge is 2.26. The molecule has 1 heterocycles. The van der Waals surface area contributed by atoms with E-state index in [1.54, 1.807) is 48.8 Å². The first-order valence-corrected chi connectivity index (χ1v) is 10.0. The fourth-order valence-corrected chi connectivity index (χ4v) is 3.67. The van der Waals surface area contributed by atoms with E-state index in [-0.39, 0.29) is 16.7 Å². The molecule has 2 N–H and O–H groups in total. The normalized spacial score (nSPS) is 12.8. The molecule has 0 aliphatic carbocycles. The van der Waals surface area contributed by atoms with Crippen LogP contribution >= 0.6 is 0 Å². The van der Waals surface area contributed by atoms with Gasteiger partial charge in [0.1, 0.15) is 6.04 Å². The van der Waals surface area contributed by atoms with Crippen LogP contribution in [0.5, 0.6) is 0 Å². The highest BCUT2D eigenvalue weighted by Crippen LogP contribution is 2.13. The van der Waals surface area contributed by atoms with E-state index < -0.39 is 16.1 Å². The molecule has 0 saturated carbocycles. The maximum atomic E-state index is 12.6. The third-order valence-corrected chi connectivity index (χ3v) is 5.36. The van der Waals surface area contributed by atoms with Crippen molar-refractivity contribution in [1.82, 2.24) is 15.0 Å². The largest absolute Gasteiger partial charge is 0.351 e. The lowest BCUT2D eigenvalue weighted by molar-refractivity contribution is -0.123. The molecular weight excluding hydrogens is 350 g/mol. The Labute approximate surface area is 155 Å². The number of aryl methyl sites for hydroxylation is 1. The number of nitrogens with one attached hydrogen (secondary N) is 2. The molecule has 6 nitrogen and oxygen atoms in total. The molecule has 140 valence electrons. The van der Waals surface area contributed by atoms with Crippen molar-refractivity contribution in [3.05, 3.63) is 59.9 Å². The van der Waals surface area contributed by atoms with Crippen molar-refractivity contribution in [3.63, 3.8) is 0 Å². The van der Waals surface area contributed by atoms with Gasteiger partial charge in [-0.1, -0.05) is 31.5 Å². The Hall–Kier alpha value is -2.25. The van der Waals surface area contributed by atoms with Crippen molar-refractivity contribution in [2.75, 3.05) is 0 Å². The van der Waals surface area contributed by atoms with Gasteiger partial charge in [-0.3, -0.25) is 9.78 Å². The van der Waals surface area contributed by atoms with Gasteiger partial charge in [0.2, 0.25) is 15.9 Å². The second kappa shape index (κ2) is 8.91. The maximum Gasteiger partial charge on any atom is 0.241 e. The van der Waals surface area contributed by atoms with Gasteiger partial charge in [-0.25, -0.2) is 8.42 Å². The molecule has 2 rings (SSSR count). The summed E-state index contributed by atoms with van der Waals surface area (Å²) < 4.78 is 27.8. The Kier molecular flexibility index (Phi) is 6.88. The molecule has 0 bridgehead atoms. The van der Waals surface area contributed by atoms with Gasteiger partial charge in [0.05, 0.1) is 4.90 Å². The molecule has 0 aliphatic rings. The lowest BCUT2D eigenvalue weighted by atomic mass is 10.0. The van der Waals surface area contributed by atoms with Crippen LogP contribution in [-0.4, -0.2) is 25.4 Å². The summed E-state index contributed by atoms with van der Waals surface area (Å²) in [6.07, 6.45) is 3.70. The zero-order valence-electron chi connectivity index (χ0n) is 15.3. The summed E-state index contributed by atoms with van der Waals surface area (Å²) in [6.45, 7) is 6.10. The van der Waals surface area contributed by atoms with E-state index >= 15 is 0 Å². The Morgan fingerprint density at radius 2 is 1.69 bits per heavy atom. The molecule has 1 aromatic carbocycles. The van der Waals surface area contributed by atoms with Gasteiger partial charge in [-0.05, 0) is 49.1 Å². The highest BCUT2D eigenvalue weighted by molar-refractivity contribution is 7.89. The van der Waals surface area contributed by atoms with Gasteiger partial charge in [-0.2, -0.15) is 4.72 Å². The summed E-state index contributed by atoms with van der Waals surface area (Å²) in [4.78, 5) is 16.6. The smallest absolute Gasteiger partial charge is 0.241 e. The van der Waals surface area contributed by atoms with Crippen LogP contribution < -0.4 is 10.0 Å². The Bertz CT molecular complexity index is 819. The summed E-state index contributed by atoms with van der Waals surface area (Å²) in [7, 11) is -3.77. The number of carbonyl (C=O) groups is 1. The predicted octanol–water partition coefficient (Wildman–Crippen LogP) is 2.40. The average molecular weight is 375 g/mol. The lowest BCUT2D eigenvalue weighted by Crippen LogP contribution is -2.47. The van der Waals surface area contributed by atoms with Crippen molar-refractivity contribution in [1.29, 1.82) is 0 Å². The van der Waals surface area contributed by atoms with E-state index in [1.807, 2.05) is 20.8 Å². The zero-order valence-corrected chi connectivity index (χ0v) is 16.1. The fourth-order valence-electron chi connectivity index (χ4n) is 2.47. The molecule has 26 heavy (non-hydrogen) atoms. The Balaban J connectivity index is 2.10. The molecule has 0 fully saturated rings. The lowest BCUT2D eigenvalue weighted by Gasteiger charge is -2.20. The van der Waals surface area contributed by atoms with Crippen LogP contribution in [0.25, 0.3) is 0 Å². The van der Waals surface area contributed by atoms with Gasteiger partial charge in [0.15, 0.2) is 0 Å². The summed E-state index contributed by atoms with van der Waals surface area (Å²) in [5.41, 5.74) is 1.87. The quantitative estimate of drug-likeness (QED) is 0.742. The highest BCUT2D eigenvalue weighted by atomic mass is 32.2. The summed E-state index contributed by atoms with van der Waals surface area (Å²) in [6, 6.07) is 9.31. The molecule has 1 amide bonds. The summed E-state index contributed by atoms with van der Waals surface area (Å²) >= 11 is 0. The molecule has 0 spiro atoms. The van der Waals surface area contributed by atoms with Gasteiger partial charge in [-0.15, -0.1) is 0 Å². The predicted molar refractivity (Wildman–Crippen MR) is 101 cm³/mol. The summed E-state index contributed by atoms with van der Waals surface area (Å²) in [5.74, 6) is -0.182. The minimum absolute atomic E-state index is 0.152. The minimum Gasteiger partial charge on any atom is -0.351 e. The second-order valence-electron chi connectivity index (χ2n) is 6.69. The molecular formula is C19H25N3O3S. The molecule has 0 radical (unpaired) electrons. The van der Waals surface area contributed by atoms with E-state index in [0.717, 1.165) is 11.1 Å². The van der Waals surface area contributed by atoms with Gasteiger partial charge in [0, 0.05) is 18.9 Å². The van der Waals surface area contributed by atoms with Crippen molar-refractivity contribution in [2.24, 2.45) is 5.92 Å². The first-order chi connectivity index (χ1) is 12.3. The van der Waals surface area contributed by atoms with Gasteiger partial charge in [0.25, 0.3) is 0 Å². The zero-order chi connectivity index (χ0) is 19.2. The van der Waals surface area contributed by atoms with Crippen molar-refractivity contribution in [3.8, 4) is 0 Å². The monoisotopic (exact) mass is 375 g/mol. The molecule has 1 aromatic heterocycles. The standard InChI is InChI=1S/C19H25N3O3S/c1-14(2)12-18(19(23)21-13-16-8-10-20-11-9-16)22-26(24,25)17-6-4-15(3)5-7-17/h4-11,14,18,22H,12-13H2,1-3H3,(H,21,23). The van der Waals surface area contributed by atoms with Crippen LogP contribution in [-0.2, 0) is 21.4 Å². The number of pyridine rings is 1. The topological polar surface area (TPSA) is 88.2 Å². The molecule has 0 saturated heterocycles. The maximum absolute atomic E-state index is 12.6. The van der Waals surface area contributed by atoms with E-state index in [1.165, 1.54) is 0 Å². The van der Waals surface area contributed by atoms with Crippen LogP contribution in [0.4, 0.5) is 0 Å². The van der Waals surface area contributed by atoms with Crippen LogP contribution in [0.3, 0.4) is 0 Å². The summed E-state index contributed by atoms with van der Waals surface area (Å²) in [5, 5.41) is 2.79. The van der Waals surface area contributed by atoms with Gasteiger partial charge < -0.3 is 5.32 Å². The average Bonchev–Trinajstić information content (AvgIpc) is 2.60. The third-order valence-electron chi connectivity index (χ3n) is 3.87. The third kappa shape index (κ3) is 5.93. The molecule has 1 atom stereocenters. The van der Waals surface area contributed by atoms with Crippen LogP contribution in [0.15, 0.2) is 53.7 Å². The number of hydrogen-bond donors (Lipinski definition) is 2. The fraction of sp³-hybridized carbons (Fsp3) is 0.368. The number of amides is 1. The van der Waals surface area contributed by atoms with Crippen molar-refractivity contribution in [2.45, 2.75) is 44.7 Å². The van der Waals surface area contributed by atoms with Crippen LogP contribution in [0.2, 0.25) is 0 Å². The van der Waals surface area contributed by atoms with Gasteiger partial charge >= 0.3 is 0 Å². The first-order valence-electron chi connectivity index (χ1n) is 8.53. The van der Waals surface area contributed by atoms with E-state index in [9.17, 15) is 13.2 Å². The van der Waals surface area contributed by atoms with E-state index in [0.29, 0.717) is 13.0 Å². The number of nitrogens with zero attached hydrogens (tertiary/aromatic N) is 1. The van der Waals surface area contributed by atoms with Crippen molar-refractivity contribution >= 4 is 15.9 Å². The SMILES string of the molecule is Cc1ccc(S(=O)(=O)NC(CC(C)C)C(=O)NCc2ccncc2)cc1. The minimum atomic E-state index is -3.77. The molecule has 0 aliphatic heterocycles.